The van der Waals surface area contributed by atoms with Crippen molar-refractivity contribution in [1.29, 1.82) is 0 Å². The molecular weight excluding hydrogens is 248 g/mol. The van der Waals surface area contributed by atoms with Crippen molar-refractivity contribution < 1.29 is 0 Å². The van der Waals surface area contributed by atoms with Crippen LogP contribution in [0.15, 0.2) is 6.33 Å². The Hall–Kier alpha value is -1.32. The van der Waals surface area contributed by atoms with Crippen LogP contribution in [0.1, 0.15) is 58.4 Å². The van der Waals surface area contributed by atoms with Crippen molar-refractivity contribution in [1.82, 2.24) is 9.97 Å². The van der Waals surface area contributed by atoms with Crippen molar-refractivity contribution >= 4 is 11.6 Å². The maximum absolute atomic E-state index is 4.37. The van der Waals surface area contributed by atoms with E-state index in [0.717, 1.165) is 42.6 Å². The van der Waals surface area contributed by atoms with Crippen molar-refractivity contribution in [3.8, 4) is 0 Å². The molecule has 0 aliphatic heterocycles. The van der Waals surface area contributed by atoms with Gasteiger partial charge in [-0.05, 0) is 25.7 Å². The Balaban J connectivity index is 2.58. The van der Waals surface area contributed by atoms with Crippen molar-refractivity contribution in [3.05, 3.63) is 11.9 Å². The summed E-state index contributed by atoms with van der Waals surface area (Å²) in [6, 6.07) is 0. The number of nitrogens with one attached hydrogen (secondary N) is 2. The minimum absolute atomic E-state index is 0.733. The van der Waals surface area contributed by atoms with E-state index in [1.54, 1.807) is 6.33 Å². The van der Waals surface area contributed by atoms with E-state index in [4.69, 9.17) is 0 Å². The third-order valence-electron chi connectivity index (χ3n) is 3.73. The lowest BCUT2D eigenvalue weighted by atomic mass is 9.99. The van der Waals surface area contributed by atoms with E-state index in [-0.39, 0.29) is 0 Å². The highest BCUT2D eigenvalue weighted by atomic mass is 15.1. The third kappa shape index (κ3) is 5.35. The molecule has 4 nitrogen and oxygen atoms in total. The van der Waals surface area contributed by atoms with Gasteiger partial charge >= 0.3 is 0 Å². The molecule has 0 fully saturated rings. The van der Waals surface area contributed by atoms with Gasteiger partial charge in [-0.1, -0.05) is 40.0 Å². The molecule has 1 rings (SSSR count). The van der Waals surface area contributed by atoms with Crippen LogP contribution >= 0.6 is 0 Å². The summed E-state index contributed by atoms with van der Waals surface area (Å²) >= 11 is 0. The van der Waals surface area contributed by atoms with Crippen LogP contribution in [0.25, 0.3) is 0 Å². The number of hydrogen-bond donors (Lipinski definition) is 2. The van der Waals surface area contributed by atoms with E-state index < -0.39 is 0 Å². The largest absolute Gasteiger partial charge is 0.370 e. The molecule has 4 heteroatoms. The molecule has 114 valence electrons. The Bertz CT molecular complexity index is 379. The van der Waals surface area contributed by atoms with Crippen molar-refractivity contribution in [2.75, 3.05) is 23.7 Å². The molecule has 0 saturated heterocycles. The monoisotopic (exact) mass is 278 g/mol. The Morgan fingerprint density at radius 3 is 2.35 bits per heavy atom. The molecule has 0 spiro atoms. The minimum Gasteiger partial charge on any atom is -0.370 e. The molecular formula is C16H30N4. The van der Waals surface area contributed by atoms with Gasteiger partial charge in [0.25, 0.3) is 0 Å². The number of hydrogen-bond acceptors (Lipinski definition) is 4. The lowest BCUT2D eigenvalue weighted by molar-refractivity contribution is 0.472. The molecule has 0 aromatic carbocycles. The summed E-state index contributed by atoms with van der Waals surface area (Å²) in [7, 11) is 0. The lowest BCUT2D eigenvalue weighted by Crippen LogP contribution is -2.16. The molecule has 0 aliphatic carbocycles. The quantitative estimate of drug-likeness (QED) is 0.672. The topological polar surface area (TPSA) is 49.8 Å². The fourth-order valence-corrected chi connectivity index (χ4v) is 2.23. The summed E-state index contributed by atoms with van der Waals surface area (Å²) in [6.45, 7) is 10.7. The first-order valence-electron chi connectivity index (χ1n) is 8.02. The van der Waals surface area contributed by atoms with Gasteiger partial charge in [0.2, 0.25) is 0 Å². The summed E-state index contributed by atoms with van der Waals surface area (Å²) in [4.78, 5) is 8.68. The summed E-state index contributed by atoms with van der Waals surface area (Å²) in [6.07, 6.45) is 7.84. The fraction of sp³-hybridized carbons (Fsp3) is 0.750. The van der Waals surface area contributed by atoms with Gasteiger partial charge in [-0.3, -0.25) is 0 Å². The first-order valence-corrected chi connectivity index (χ1v) is 8.02. The molecule has 0 saturated carbocycles. The SMILES string of the molecule is CCCCC(CC)CNc1ncnc(NCCC)c1C. The number of unbranched alkanes of at least 4 members (excludes halogenated alkanes) is 1. The van der Waals surface area contributed by atoms with Crippen LogP contribution in [0.3, 0.4) is 0 Å². The second-order valence-electron chi connectivity index (χ2n) is 5.42. The van der Waals surface area contributed by atoms with Crippen LogP contribution in [0.5, 0.6) is 0 Å². The first-order chi connectivity index (χ1) is 9.72. The average molecular weight is 278 g/mol. The fourth-order valence-electron chi connectivity index (χ4n) is 2.23. The van der Waals surface area contributed by atoms with Crippen LogP contribution in [-0.2, 0) is 0 Å². The van der Waals surface area contributed by atoms with Crippen LogP contribution in [0.2, 0.25) is 0 Å². The van der Waals surface area contributed by atoms with Crippen molar-refractivity contribution in [3.63, 3.8) is 0 Å². The summed E-state index contributed by atoms with van der Waals surface area (Å²) in [5.74, 6) is 2.65. The Morgan fingerprint density at radius 2 is 1.75 bits per heavy atom. The number of aromatic nitrogens is 2. The van der Waals surface area contributed by atoms with E-state index in [0.29, 0.717) is 0 Å². The predicted octanol–water partition coefficient (Wildman–Crippen LogP) is 4.24. The van der Waals surface area contributed by atoms with Gasteiger partial charge in [0.15, 0.2) is 0 Å². The van der Waals surface area contributed by atoms with Gasteiger partial charge in [0, 0.05) is 18.7 Å². The van der Waals surface area contributed by atoms with Crippen LogP contribution in [0, 0.1) is 12.8 Å². The minimum atomic E-state index is 0.733. The standard InChI is InChI=1S/C16H30N4/c1-5-8-9-14(7-3)11-18-16-13(4)15(17-10-6-2)19-12-20-16/h12,14H,5-11H2,1-4H3,(H2,17,18,19,20). The third-order valence-corrected chi connectivity index (χ3v) is 3.73. The Kier molecular flexibility index (Phi) is 8.00. The molecule has 1 atom stereocenters. The maximum Gasteiger partial charge on any atom is 0.134 e. The molecule has 20 heavy (non-hydrogen) atoms. The highest BCUT2D eigenvalue weighted by Gasteiger charge is 2.09. The predicted molar refractivity (Wildman–Crippen MR) is 87.3 cm³/mol. The zero-order chi connectivity index (χ0) is 14.8. The van der Waals surface area contributed by atoms with Crippen LogP contribution in [-0.4, -0.2) is 23.1 Å². The number of rotatable bonds is 10. The number of nitrogens with zero attached hydrogens (tertiary/aromatic N) is 2. The second-order valence-corrected chi connectivity index (χ2v) is 5.42. The molecule has 0 radical (unpaired) electrons. The lowest BCUT2D eigenvalue weighted by Gasteiger charge is -2.17. The molecule has 1 aromatic rings. The highest BCUT2D eigenvalue weighted by molar-refractivity contribution is 5.56. The van der Waals surface area contributed by atoms with Crippen LogP contribution in [0.4, 0.5) is 11.6 Å². The van der Waals surface area contributed by atoms with Crippen molar-refractivity contribution in [2.24, 2.45) is 5.92 Å². The Morgan fingerprint density at radius 1 is 1.05 bits per heavy atom. The zero-order valence-electron chi connectivity index (χ0n) is 13.5. The van der Waals surface area contributed by atoms with Gasteiger partial charge in [-0.25, -0.2) is 9.97 Å². The molecule has 2 N–H and O–H groups in total. The van der Waals surface area contributed by atoms with Crippen molar-refractivity contribution in [2.45, 2.75) is 59.8 Å². The van der Waals surface area contributed by atoms with Gasteiger partial charge in [-0.15, -0.1) is 0 Å². The number of anilines is 2. The van der Waals surface area contributed by atoms with Gasteiger partial charge < -0.3 is 10.6 Å². The molecule has 0 bridgehead atoms. The van der Waals surface area contributed by atoms with Crippen LogP contribution < -0.4 is 10.6 Å². The molecule has 1 heterocycles. The molecule has 1 aromatic heterocycles. The van der Waals surface area contributed by atoms with E-state index in [1.807, 2.05) is 0 Å². The Labute approximate surface area is 123 Å². The van der Waals surface area contributed by atoms with E-state index in [9.17, 15) is 0 Å². The van der Waals surface area contributed by atoms with Gasteiger partial charge in [0.1, 0.15) is 18.0 Å². The summed E-state index contributed by atoms with van der Waals surface area (Å²) in [5, 5.41) is 6.85. The van der Waals surface area contributed by atoms with Gasteiger partial charge in [-0.2, -0.15) is 0 Å². The normalized spacial score (nSPS) is 12.2. The first kappa shape index (κ1) is 16.7. The van der Waals surface area contributed by atoms with E-state index in [1.165, 1.54) is 25.7 Å². The summed E-state index contributed by atoms with van der Waals surface area (Å²) < 4.78 is 0. The van der Waals surface area contributed by atoms with E-state index in [2.05, 4.69) is 48.3 Å². The molecule has 0 aliphatic rings. The highest BCUT2D eigenvalue weighted by Crippen LogP contribution is 2.20. The summed E-state index contributed by atoms with van der Waals surface area (Å²) in [5.41, 5.74) is 1.12. The molecule has 0 amide bonds. The van der Waals surface area contributed by atoms with Gasteiger partial charge in [0.05, 0.1) is 0 Å². The zero-order valence-corrected chi connectivity index (χ0v) is 13.5. The average Bonchev–Trinajstić information content (AvgIpc) is 2.47. The molecule has 1 unspecified atom stereocenters. The maximum atomic E-state index is 4.37. The second kappa shape index (κ2) is 9.56. The van der Waals surface area contributed by atoms with E-state index >= 15 is 0 Å². The smallest absolute Gasteiger partial charge is 0.134 e.